The summed E-state index contributed by atoms with van der Waals surface area (Å²) >= 11 is 0. The molecule has 0 atom stereocenters. The summed E-state index contributed by atoms with van der Waals surface area (Å²) in [7, 11) is 1.65. The Balaban J connectivity index is 1.24. The Kier molecular flexibility index (Phi) is 5.55. The van der Waals surface area contributed by atoms with Crippen molar-refractivity contribution in [2.75, 3.05) is 7.11 Å². The normalized spacial score (nSPS) is 10.8. The fourth-order valence-electron chi connectivity index (χ4n) is 3.60. The lowest BCUT2D eigenvalue weighted by Gasteiger charge is -2.08. The molecular formula is C27H21N3O3. The number of amides is 1. The van der Waals surface area contributed by atoms with Gasteiger partial charge >= 0.3 is 0 Å². The minimum atomic E-state index is -0.146. The molecule has 5 rings (SSSR count). The molecule has 6 heteroatoms. The molecule has 0 fully saturated rings. The second-order valence-electron chi connectivity index (χ2n) is 7.59. The third kappa shape index (κ3) is 4.45. The number of hydrogen-bond acceptors (Lipinski definition) is 5. The Bertz CT molecular complexity index is 1410. The molecule has 0 saturated carbocycles. The summed E-state index contributed by atoms with van der Waals surface area (Å²) in [6.45, 7) is 0.437. The lowest BCUT2D eigenvalue weighted by Crippen LogP contribution is -2.22. The van der Waals surface area contributed by atoms with E-state index in [2.05, 4.69) is 21.6 Å². The molecule has 0 aliphatic heterocycles. The highest BCUT2D eigenvalue weighted by atomic mass is 16.5. The van der Waals surface area contributed by atoms with Gasteiger partial charge in [-0.15, -0.1) is 10.2 Å². The fourth-order valence-corrected chi connectivity index (χ4v) is 3.60. The van der Waals surface area contributed by atoms with Crippen molar-refractivity contribution in [1.82, 2.24) is 15.5 Å². The number of aromatic nitrogens is 2. The Morgan fingerprint density at radius 3 is 2.21 bits per heavy atom. The van der Waals surface area contributed by atoms with Crippen LogP contribution in [0.2, 0.25) is 0 Å². The number of nitrogens with zero attached hydrogens (tertiary/aromatic N) is 2. The van der Waals surface area contributed by atoms with E-state index in [4.69, 9.17) is 9.15 Å². The lowest BCUT2D eigenvalue weighted by molar-refractivity contribution is 0.0951. The molecule has 1 amide bonds. The Morgan fingerprint density at radius 2 is 1.48 bits per heavy atom. The molecule has 0 spiro atoms. The Morgan fingerprint density at radius 1 is 0.818 bits per heavy atom. The topological polar surface area (TPSA) is 77.2 Å². The van der Waals surface area contributed by atoms with Gasteiger partial charge in [0.2, 0.25) is 11.8 Å². The summed E-state index contributed by atoms with van der Waals surface area (Å²) in [5.74, 6) is 1.55. The van der Waals surface area contributed by atoms with Crippen molar-refractivity contribution in [1.29, 1.82) is 0 Å². The molecule has 0 bridgehead atoms. The van der Waals surface area contributed by atoms with Crippen LogP contribution < -0.4 is 10.1 Å². The molecule has 162 valence electrons. The van der Waals surface area contributed by atoms with Crippen molar-refractivity contribution in [3.8, 4) is 28.7 Å². The highest BCUT2D eigenvalue weighted by Crippen LogP contribution is 2.24. The maximum atomic E-state index is 12.6. The molecule has 0 aliphatic carbocycles. The van der Waals surface area contributed by atoms with Crippen LogP contribution in [-0.4, -0.2) is 23.2 Å². The van der Waals surface area contributed by atoms with Gasteiger partial charge in [-0.05, 0) is 70.9 Å². The first-order chi connectivity index (χ1) is 16.2. The van der Waals surface area contributed by atoms with Crippen LogP contribution in [0.3, 0.4) is 0 Å². The van der Waals surface area contributed by atoms with Crippen LogP contribution in [0.4, 0.5) is 0 Å². The maximum Gasteiger partial charge on any atom is 0.251 e. The van der Waals surface area contributed by atoms with Crippen LogP contribution >= 0.6 is 0 Å². The van der Waals surface area contributed by atoms with Crippen LogP contribution in [0.15, 0.2) is 95.4 Å². The van der Waals surface area contributed by atoms with Crippen LogP contribution in [0.25, 0.3) is 33.7 Å². The first-order valence-corrected chi connectivity index (χ1v) is 10.5. The summed E-state index contributed by atoms with van der Waals surface area (Å²) in [5, 5.41) is 13.4. The van der Waals surface area contributed by atoms with E-state index in [-0.39, 0.29) is 5.91 Å². The molecule has 1 heterocycles. The summed E-state index contributed by atoms with van der Waals surface area (Å²) in [4.78, 5) is 12.6. The number of carbonyl (C=O) groups is 1. The number of rotatable bonds is 6. The van der Waals surface area contributed by atoms with Gasteiger partial charge in [-0.2, -0.15) is 0 Å². The second kappa shape index (κ2) is 8.96. The largest absolute Gasteiger partial charge is 0.497 e. The third-order valence-electron chi connectivity index (χ3n) is 5.40. The van der Waals surface area contributed by atoms with E-state index in [1.165, 1.54) is 0 Å². The fraction of sp³-hybridized carbons (Fsp3) is 0.0741. The molecule has 33 heavy (non-hydrogen) atoms. The van der Waals surface area contributed by atoms with E-state index in [1.807, 2.05) is 60.7 Å². The van der Waals surface area contributed by atoms with Crippen molar-refractivity contribution in [2.24, 2.45) is 0 Å². The maximum absolute atomic E-state index is 12.6. The Labute approximate surface area is 190 Å². The summed E-state index contributed by atoms with van der Waals surface area (Å²) in [6.07, 6.45) is 0. The second-order valence-corrected chi connectivity index (χ2v) is 7.59. The molecule has 6 nitrogen and oxygen atoms in total. The van der Waals surface area contributed by atoms with Crippen LogP contribution in [0.5, 0.6) is 5.75 Å². The summed E-state index contributed by atoms with van der Waals surface area (Å²) < 4.78 is 11.0. The average molecular weight is 435 g/mol. The number of fused-ring (bicyclic) bond motifs is 1. The van der Waals surface area contributed by atoms with Crippen molar-refractivity contribution >= 4 is 16.7 Å². The summed E-state index contributed by atoms with van der Waals surface area (Å²) in [5.41, 5.74) is 3.20. The monoisotopic (exact) mass is 435 g/mol. The smallest absolute Gasteiger partial charge is 0.251 e. The first-order valence-electron chi connectivity index (χ1n) is 10.5. The average Bonchev–Trinajstić information content (AvgIpc) is 3.38. The van der Waals surface area contributed by atoms with Gasteiger partial charge < -0.3 is 14.5 Å². The molecule has 0 radical (unpaired) electrons. The molecule has 0 saturated heterocycles. The van der Waals surface area contributed by atoms with Gasteiger partial charge in [0, 0.05) is 23.2 Å². The predicted molar refractivity (Wildman–Crippen MR) is 127 cm³/mol. The molecule has 4 aromatic carbocycles. The van der Waals surface area contributed by atoms with Gasteiger partial charge in [0.15, 0.2) is 0 Å². The molecular weight excluding hydrogens is 414 g/mol. The predicted octanol–water partition coefficient (Wildman–Crippen LogP) is 5.50. The zero-order chi connectivity index (χ0) is 22.6. The zero-order valence-electron chi connectivity index (χ0n) is 18.0. The standard InChI is InChI=1S/C27H21N3O3/c1-32-24-14-13-22-15-18(7-8-23(22)16-24)17-28-25(31)19-9-11-21(12-10-19)27-30-29-26(33-27)20-5-3-2-4-6-20/h2-16H,17H2,1H3,(H,28,31). The Hall–Kier alpha value is -4.45. The molecule has 1 aromatic heterocycles. The van der Waals surface area contributed by atoms with Gasteiger partial charge in [-0.3, -0.25) is 4.79 Å². The summed E-state index contributed by atoms with van der Waals surface area (Å²) in [6, 6.07) is 28.8. The number of ether oxygens (including phenoxy) is 1. The number of methoxy groups -OCH3 is 1. The molecule has 5 aromatic rings. The van der Waals surface area contributed by atoms with E-state index in [1.54, 1.807) is 31.4 Å². The zero-order valence-corrected chi connectivity index (χ0v) is 18.0. The van der Waals surface area contributed by atoms with E-state index in [0.717, 1.165) is 33.2 Å². The van der Waals surface area contributed by atoms with E-state index in [0.29, 0.717) is 23.9 Å². The van der Waals surface area contributed by atoms with Gasteiger partial charge in [0.1, 0.15) is 5.75 Å². The van der Waals surface area contributed by atoms with E-state index < -0.39 is 0 Å². The van der Waals surface area contributed by atoms with Gasteiger partial charge in [-0.25, -0.2) is 0 Å². The van der Waals surface area contributed by atoms with Gasteiger partial charge in [0.05, 0.1) is 7.11 Å². The van der Waals surface area contributed by atoms with E-state index >= 15 is 0 Å². The minimum absolute atomic E-state index is 0.146. The third-order valence-corrected chi connectivity index (χ3v) is 5.40. The van der Waals surface area contributed by atoms with Gasteiger partial charge in [0.25, 0.3) is 5.91 Å². The number of hydrogen-bond donors (Lipinski definition) is 1. The lowest BCUT2D eigenvalue weighted by atomic mass is 10.1. The quantitative estimate of drug-likeness (QED) is 0.381. The number of benzene rings is 4. The van der Waals surface area contributed by atoms with Crippen molar-refractivity contribution in [3.63, 3.8) is 0 Å². The number of carbonyl (C=O) groups excluding carboxylic acids is 1. The highest BCUT2D eigenvalue weighted by Gasteiger charge is 2.12. The van der Waals surface area contributed by atoms with Crippen molar-refractivity contribution in [2.45, 2.75) is 6.54 Å². The molecule has 0 aliphatic rings. The van der Waals surface area contributed by atoms with Gasteiger partial charge in [-0.1, -0.05) is 36.4 Å². The van der Waals surface area contributed by atoms with E-state index in [9.17, 15) is 4.79 Å². The van der Waals surface area contributed by atoms with Crippen molar-refractivity contribution in [3.05, 3.63) is 102 Å². The molecule has 0 unspecified atom stereocenters. The van der Waals surface area contributed by atoms with Crippen LogP contribution in [0.1, 0.15) is 15.9 Å². The SMILES string of the molecule is COc1ccc2cc(CNC(=O)c3ccc(-c4nnc(-c5ccccc5)o4)cc3)ccc2c1. The first kappa shape index (κ1) is 20.5. The highest BCUT2D eigenvalue weighted by molar-refractivity contribution is 5.94. The van der Waals surface area contributed by atoms with Crippen LogP contribution in [0, 0.1) is 0 Å². The van der Waals surface area contributed by atoms with Crippen molar-refractivity contribution < 1.29 is 13.9 Å². The molecule has 1 N–H and O–H groups in total. The minimum Gasteiger partial charge on any atom is -0.497 e. The van der Waals surface area contributed by atoms with Crippen LogP contribution in [-0.2, 0) is 6.54 Å². The number of nitrogens with one attached hydrogen (secondary N) is 1.